The summed E-state index contributed by atoms with van der Waals surface area (Å²) in [6, 6.07) is 10.00. The lowest BCUT2D eigenvalue weighted by molar-refractivity contribution is 0.0672. The van der Waals surface area contributed by atoms with Gasteiger partial charge in [0.05, 0.1) is 11.4 Å². The van der Waals surface area contributed by atoms with Crippen LogP contribution in [0.15, 0.2) is 30.3 Å². The average molecular weight is 312 g/mol. The Morgan fingerprint density at radius 3 is 2.43 bits per heavy atom. The summed E-state index contributed by atoms with van der Waals surface area (Å²) >= 11 is 0. The first-order valence-electron chi connectivity index (χ1n) is 8.32. The van der Waals surface area contributed by atoms with Crippen molar-refractivity contribution in [2.24, 2.45) is 5.92 Å². The predicted molar refractivity (Wildman–Crippen MR) is 89.6 cm³/mol. The SMILES string of the molecule is Cc1nn(-c2ccccc2)nc1C(=O)N(C)C1CCC(C)CC1. The quantitative estimate of drug-likeness (QED) is 0.874. The third-order valence-corrected chi connectivity index (χ3v) is 4.83. The van der Waals surface area contributed by atoms with Crippen molar-refractivity contribution in [3.05, 3.63) is 41.7 Å². The summed E-state index contributed by atoms with van der Waals surface area (Å²) in [5, 5.41) is 8.82. The van der Waals surface area contributed by atoms with Crippen LogP contribution < -0.4 is 0 Å². The Labute approximate surface area is 137 Å². The molecule has 23 heavy (non-hydrogen) atoms. The fourth-order valence-corrected chi connectivity index (χ4v) is 3.22. The van der Waals surface area contributed by atoms with E-state index in [0.29, 0.717) is 17.4 Å². The van der Waals surface area contributed by atoms with Gasteiger partial charge in [-0.05, 0) is 50.7 Å². The maximum Gasteiger partial charge on any atom is 0.276 e. The number of aryl methyl sites for hydroxylation is 1. The zero-order chi connectivity index (χ0) is 16.4. The molecular weight excluding hydrogens is 288 g/mol. The van der Waals surface area contributed by atoms with Gasteiger partial charge in [-0.3, -0.25) is 4.79 Å². The van der Waals surface area contributed by atoms with Crippen molar-refractivity contribution in [3.63, 3.8) is 0 Å². The van der Waals surface area contributed by atoms with E-state index in [1.165, 1.54) is 12.8 Å². The van der Waals surface area contributed by atoms with E-state index in [2.05, 4.69) is 17.1 Å². The predicted octanol–water partition coefficient (Wildman–Crippen LogP) is 3.23. The molecule has 0 bridgehead atoms. The van der Waals surface area contributed by atoms with Crippen LogP contribution in [-0.2, 0) is 0 Å². The van der Waals surface area contributed by atoms with Crippen LogP contribution in [0.25, 0.3) is 5.69 Å². The summed E-state index contributed by atoms with van der Waals surface area (Å²) in [6.45, 7) is 4.13. The molecule has 1 fully saturated rings. The molecule has 1 aromatic heterocycles. The molecule has 0 aliphatic heterocycles. The second-order valence-corrected chi connectivity index (χ2v) is 6.59. The largest absolute Gasteiger partial charge is 0.337 e. The van der Waals surface area contributed by atoms with E-state index in [9.17, 15) is 4.79 Å². The molecule has 0 atom stereocenters. The molecule has 0 spiro atoms. The van der Waals surface area contributed by atoms with Crippen LogP contribution in [0.2, 0.25) is 0 Å². The Bertz CT molecular complexity index is 672. The van der Waals surface area contributed by atoms with E-state index in [1.54, 1.807) is 4.80 Å². The smallest absolute Gasteiger partial charge is 0.276 e. The molecule has 3 rings (SSSR count). The highest BCUT2D eigenvalue weighted by atomic mass is 16.2. The number of hydrogen-bond acceptors (Lipinski definition) is 3. The molecular formula is C18H24N4O. The first-order valence-corrected chi connectivity index (χ1v) is 8.32. The van der Waals surface area contributed by atoms with Crippen LogP contribution in [0.1, 0.15) is 48.8 Å². The molecule has 1 aliphatic carbocycles. The van der Waals surface area contributed by atoms with Gasteiger partial charge >= 0.3 is 0 Å². The molecule has 0 N–H and O–H groups in total. The van der Waals surface area contributed by atoms with E-state index in [-0.39, 0.29) is 5.91 Å². The highest BCUT2D eigenvalue weighted by Gasteiger charge is 2.28. The Hall–Kier alpha value is -2.17. The summed E-state index contributed by atoms with van der Waals surface area (Å²) in [5.41, 5.74) is 1.99. The number of amides is 1. The molecule has 0 unspecified atom stereocenters. The van der Waals surface area contributed by atoms with Gasteiger partial charge in [0.25, 0.3) is 5.91 Å². The zero-order valence-corrected chi connectivity index (χ0v) is 14.1. The Morgan fingerprint density at radius 1 is 1.13 bits per heavy atom. The molecule has 1 saturated carbocycles. The van der Waals surface area contributed by atoms with Crippen molar-refractivity contribution < 1.29 is 4.79 Å². The van der Waals surface area contributed by atoms with Crippen molar-refractivity contribution >= 4 is 5.91 Å². The second kappa shape index (κ2) is 6.52. The average Bonchev–Trinajstić information content (AvgIpc) is 2.97. The molecule has 5 heteroatoms. The lowest BCUT2D eigenvalue weighted by Gasteiger charge is -2.33. The van der Waals surface area contributed by atoms with Crippen molar-refractivity contribution in [2.75, 3.05) is 7.05 Å². The van der Waals surface area contributed by atoms with E-state index < -0.39 is 0 Å². The molecule has 1 aliphatic rings. The van der Waals surface area contributed by atoms with Gasteiger partial charge in [0.1, 0.15) is 0 Å². The number of para-hydroxylation sites is 1. The number of carbonyl (C=O) groups is 1. The molecule has 1 aromatic carbocycles. The second-order valence-electron chi connectivity index (χ2n) is 6.59. The highest BCUT2D eigenvalue weighted by Crippen LogP contribution is 2.27. The number of benzene rings is 1. The molecule has 2 aromatic rings. The number of rotatable bonds is 3. The first-order chi connectivity index (χ1) is 11.1. The van der Waals surface area contributed by atoms with Gasteiger partial charge in [-0.25, -0.2) is 0 Å². The zero-order valence-electron chi connectivity index (χ0n) is 14.1. The molecule has 122 valence electrons. The Morgan fingerprint density at radius 2 is 1.78 bits per heavy atom. The first kappa shape index (κ1) is 15.7. The van der Waals surface area contributed by atoms with Crippen LogP contribution in [-0.4, -0.2) is 38.9 Å². The lowest BCUT2D eigenvalue weighted by Crippen LogP contribution is -2.39. The van der Waals surface area contributed by atoms with Crippen LogP contribution in [0.3, 0.4) is 0 Å². The van der Waals surface area contributed by atoms with Crippen molar-refractivity contribution in [2.45, 2.75) is 45.6 Å². The van der Waals surface area contributed by atoms with Crippen molar-refractivity contribution in [3.8, 4) is 5.69 Å². The maximum atomic E-state index is 12.8. The number of nitrogens with zero attached hydrogens (tertiary/aromatic N) is 4. The monoisotopic (exact) mass is 312 g/mol. The fraction of sp³-hybridized carbons (Fsp3) is 0.500. The van der Waals surface area contributed by atoms with E-state index >= 15 is 0 Å². The maximum absolute atomic E-state index is 12.8. The van der Waals surface area contributed by atoms with Gasteiger partial charge in [-0.15, -0.1) is 5.10 Å². The molecule has 0 saturated heterocycles. The van der Waals surface area contributed by atoms with Gasteiger partial charge in [0.2, 0.25) is 0 Å². The number of carbonyl (C=O) groups excluding carboxylic acids is 1. The van der Waals surface area contributed by atoms with Crippen LogP contribution >= 0.6 is 0 Å². The van der Waals surface area contributed by atoms with Gasteiger partial charge in [0, 0.05) is 13.1 Å². The Kier molecular flexibility index (Phi) is 4.46. The van der Waals surface area contributed by atoms with Gasteiger partial charge in [-0.1, -0.05) is 25.1 Å². The van der Waals surface area contributed by atoms with Gasteiger partial charge < -0.3 is 4.90 Å². The standard InChI is InChI=1S/C18H24N4O/c1-13-9-11-15(12-10-13)21(3)18(23)17-14(2)19-22(20-17)16-7-5-4-6-8-16/h4-8,13,15H,9-12H2,1-3H3. The van der Waals surface area contributed by atoms with E-state index in [1.807, 2.05) is 49.2 Å². The Balaban J connectivity index is 1.78. The minimum atomic E-state index is -0.0239. The summed E-state index contributed by atoms with van der Waals surface area (Å²) < 4.78 is 0. The summed E-state index contributed by atoms with van der Waals surface area (Å²) in [6.07, 6.45) is 4.54. The fourth-order valence-electron chi connectivity index (χ4n) is 3.22. The minimum Gasteiger partial charge on any atom is -0.337 e. The molecule has 0 radical (unpaired) electrons. The number of hydrogen-bond donors (Lipinski definition) is 0. The molecule has 1 heterocycles. The normalized spacial score (nSPS) is 21.2. The van der Waals surface area contributed by atoms with E-state index in [0.717, 1.165) is 24.4 Å². The van der Waals surface area contributed by atoms with Crippen molar-refractivity contribution in [1.82, 2.24) is 19.9 Å². The van der Waals surface area contributed by atoms with E-state index in [4.69, 9.17) is 0 Å². The van der Waals surface area contributed by atoms with Crippen molar-refractivity contribution in [1.29, 1.82) is 0 Å². The highest BCUT2D eigenvalue weighted by molar-refractivity contribution is 5.93. The number of aromatic nitrogens is 3. The topological polar surface area (TPSA) is 51.0 Å². The van der Waals surface area contributed by atoms with Gasteiger partial charge in [-0.2, -0.15) is 9.90 Å². The summed E-state index contributed by atoms with van der Waals surface area (Å²) in [4.78, 5) is 16.2. The summed E-state index contributed by atoms with van der Waals surface area (Å²) in [7, 11) is 1.89. The summed E-state index contributed by atoms with van der Waals surface area (Å²) in [5.74, 6) is 0.750. The third-order valence-electron chi connectivity index (χ3n) is 4.83. The van der Waals surface area contributed by atoms with Crippen LogP contribution in [0.5, 0.6) is 0 Å². The third kappa shape index (κ3) is 3.28. The molecule has 1 amide bonds. The lowest BCUT2D eigenvalue weighted by atomic mass is 9.86. The minimum absolute atomic E-state index is 0.0239. The van der Waals surface area contributed by atoms with Crippen LogP contribution in [0, 0.1) is 12.8 Å². The van der Waals surface area contributed by atoms with Crippen LogP contribution in [0.4, 0.5) is 0 Å². The molecule has 5 nitrogen and oxygen atoms in total. The van der Waals surface area contributed by atoms with Gasteiger partial charge in [0.15, 0.2) is 5.69 Å².